The van der Waals surface area contributed by atoms with Gasteiger partial charge in [0.05, 0.1) is 12.8 Å². The molecule has 3 aromatic rings. The Balaban J connectivity index is 1.60. The van der Waals surface area contributed by atoms with Gasteiger partial charge in [-0.3, -0.25) is 4.79 Å². The minimum atomic E-state index is -4.69. The molecule has 0 unspecified atom stereocenters. The molecule has 1 fully saturated rings. The van der Waals surface area contributed by atoms with Crippen molar-refractivity contribution in [1.82, 2.24) is 15.3 Å². The standard InChI is InChI=1S/C25H26F3N7O2/c1-3-22(36)31-16-5-4-6-17(13-16)32-23-19(25(26,27)28)15-30-24(34-23)33-18-7-8-20(21(14-18)37-2)35-11-9-29-10-12-35/h3-8,13-15,29H,1,9-12H2,2H3,(H,31,36)(H2,30,32,33,34). The Morgan fingerprint density at radius 1 is 1.11 bits per heavy atom. The van der Waals surface area contributed by atoms with Crippen LogP contribution in [0.2, 0.25) is 0 Å². The van der Waals surface area contributed by atoms with Crippen LogP contribution in [0.1, 0.15) is 5.56 Å². The maximum Gasteiger partial charge on any atom is 0.421 e. The first-order chi connectivity index (χ1) is 17.8. The fourth-order valence-electron chi connectivity index (χ4n) is 3.80. The summed E-state index contributed by atoms with van der Waals surface area (Å²) in [5, 5.41) is 11.5. The average Bonchev–Trinajstić information content (AvgIpc) is 2.88. The van der Waals surface area contributed by atoms with Gasteiger partial charge in [-0.2, -0.15) is 18.2 Å². The molecule has 0 aliphatic carbocycles. The number of methoxy groups -OCH3 is 1. The van der Waals surface area contributed by atoms with E-state index in [9.17, 15) is 18.0 Å². The van der Waals surface area contributed by atoms with E-state index in [0.717, 1.165) is 37.9 Å². The molecule has 0 saturated carbocycles. The molecule has 12 heteroatoms. The van der Waals surface area contributed by atoms with E-state index in [4.69, 9.17) is 4.74 Å². The van der Waals surface area contributed by atoms with Gasteiger partial charge in [0.1, 0.15) is 17.1 Å². The van der Waals surface area contributed by atoms with Crippen molar-refractivity contribution in [2.24, 2.45) is 0 Å². The van der Waals surface area contributed by atoms with E-state index < -0.39 is 23.5 Å². The third-order valence-electron chi connectivity index (χ3n) is 5.57. The lowest BCUT2D eigenvalue weighted by atomic mass is 10.2. The summed E-state index contributed by atoms with van der Waals surface area (Å²) in [4.78, 5) is 21.7. The number of anilines is 6. The molecule has 1 amide bonds. The number of carbonyl (C=O) groups excluding carboxylic acids is 1. The predicted octanol–water partition coefficient (Wildman–Crippen LogP) is 4.53. The number of carbonyl (C=O) groups is 1. The molecule has 0 atom stereocenters. The summed E-state index contributed by atoms with van der Waals surface area (Å²) in [6.07, 6.45) is -2.88. The van der Waals surface area contributed by atoms with Gasteiger partial charge in [0.15, 0.2) is 0 Å². The second-order valence-electron chi connectivity index (χ2n) is 8.10. The molecule has 0 radical (unpaired) electrons. The molecule has 9 nitrogen and oxygen atoms in total. The highest BCUT2D eigenvalue weighted by atomic mass is 19.4. The minimum Gasteiger partial charge on any atom is -0.495 e. The van der Waals surface area contributed by atoms with Crippen LogP contribution in [0.15, 0.2) is 61.3 Å². The summed E-state index contributed by atoms with van der Waals surface area (Å²) >= 11 is 0. The lowest BCUT2D eigenvalue weighted by Crippen LogP contribution is -2.43. The highest BCUT2D eigenvalue weighted by Crippen LogP contribution is 2.36. The highest BCUT2D eigenvalue weighted by molar-refractivity contribution is 5.99. The smallest absolute Gasteiger partial charge is 0.421 e. The summed E-state index contributed by atoms with van der Waals surface area (Å²) in [7, 11) is 1.56. The van der Waals surface area contributed by atoms with Crippen LogP contribution in [0.3, 0.4) is 0 Å². The fourth-order valence-corrected chi connectivity index (χ4v) is 3.80. The number of ether oxygens (including phenoxy) is 1. The normalized spacial score (nSPS) is 13.6. The zero-order valence-electron chi connectivity index (χ0n) is 20.0. The number of benzene rings is 2. The SMILES string of the molecule is C=CC(=O)Nc1cccc(Nc2nc(Nc3ccc(N4CCNCC4)c(OC)c3)ncc2C(F)(F)F)c1. The molecular weight excluding hydrogens is 487 g/mol. The second kappa shape index (κ2) is 11.2. The number of piperazine rings is 1. The first-order valence-corrected chi connectivity index (χ1v) is 11.4. The van der Waals surface area contributed by atoms with Gasteiger partial charge in [0, 0.05) is 55.5 Å². The number of aromatic nitrogens is 2. The number of halogens is 3. The van der Waals surface area contributed by atoms with Crippen LogP contribution in [0.5, 0.6) is 5.75 Å². The van der Waals surface area contributed by atoms with Crippen LogP contribution in [-0.2, 0) is 11.0 Å². The largest absolute Gasteiger partial charge is 0.495 e. The number of hydrogen-bond donors (Lipinski definition) is 4. The summed E-state index contributed by atoms with van der Waals surface area (Å²) in [5.74, 6) is -0.305. The van der Waals surface area contributed by atoms with Gasteiger partial charge >= 0.3 is 6.18 Å². The number of nitrogens with zero attached hydrogens (tertiary/aromatic N) is 3. The molecule has 4 N–H and O–H groups in total. The van der Waals surface area contributed by atoms with E-state index in [1.54, 1.807) is 37.4 Å². The molecule has 1 aliphatic rings. The van der Waals surface area contributed by atoms with Crippen LogP contribution < -0.4 is 30.9 Å². The van der Waals surface area contributed by atoms with Crippen molar-refractivity contribution in [2.75, 3.05) is 54.1 Å². The molecule has 1 aromatic heterocycles. The van der Waals surface area contributed by atoms with Crippen molar-refractivity contribution in [1.29, 1.82) is 0 Å². The van der Waals surface area contributed by atoms with Crippen molar-refractivity contribution < 1.29 is 22.7 Å². The first-order valence-electron chi connectivity index (χ1n) is 11.4. The van der Waals surface area contributed by atoms with E-state index in [1.807, 2.05) is 6.07 Å². The van der Waals surface area contributed by atoms with E-state index in [-0.39, 0.29) is 5.95 Å². The lowest BCUT2D eigenvalue weighted by molar-refractivity contribution is -0.137. The van der Waals surface area contributed by atoms with Gasteiger partial charge in [0.2, 0.25) is 11.9 Å². The molecule has 4 rings (SSSR count). The monoisotopic (exact) mass is 513 g/mol. The maximum absolute atomic E-state index is 13.7. The third-order valence-corrected chi connectivity index (χ3v) is 5.57. The maximum atomic E-state index is 13.7. The quantitative estimate of drug-likeness (QED) is 0.326. The van der Waals surface area contributed by atoms with Crippen molar-refractivity contribution in [3.8, 4) is 5.75 Å². The molecule has 0 spiro atoms. The summed E-state index contributed by atoms with van der Waals surface area (Å²) in [6.45, 7) is 6.77. The highest BCUT2D eigenvalue weighted by Gasteiger charge is 2.35. The lowest BCUT2D eigenvalue weighted by Gasteiger charge is -2.30. The number of nitrogens with one attached hydrogen (secondary N) is 4. The number of amides is 1. The van der Waals surface area contributed by atoms with Crippen molar-refractivity contribution >= 4 is 40.4 Å². The summed E-state index contributed by atoms with van der Waals surface area (Å²) in [6, 6.07) is 11.6. The zero-order chi connectivity index (χ0) is 26.4. The Morgan fingerprint density at radius 2 is 1.84 bits per heavy atom. The van der Waals surface area contributed by atoms with Crippen LogP contribution in [0.4, 0.5) is 47.7 Å². The molecule has 1 aliphatic heterocycles. The summed E-state index contributed by atoms with van der Waals surface area (Å²) in [5.41, 5.74) is 1.11. The molecule has 194 valence electrons. The number of rotatable bonds is 8. The van der Waals surface area contributed by atoms with E-state index >= 15 is 0 Å². The van der Waals surface area contributed by atoms with Crippen LogP contribution in [0, 0.1) is 0 Å². The summed E-state index contributed by atoms with van der Waals surface area (Å²) < 4.78 is 46.6. The Labute approximate surface area is 211 Å². The van der Waals surface area contributed by atoms with Crippen LogP contribution in [0.25, 0.3) is 0 Å². The Kier molecular flexibility index (Phi) is 7.77. The number of hydrogen-bond acceptors (Lipinski definition) is 8. The molecular formula is C25H26F3N7O2. The van der Waals surface area contributed by atoms with E-state index in [0.29, 0.717) is 29.0 Å². The van der Waals surface area contributed by atoms with E-state index in [1.165, 1.54) is 6.07 Å². The van der Waals surface area contributed by atoms with Crippen LogP contribution >= 0.6 is 0 Å². The Bertz CT molecular complexity index is 1280. The van der Waals surface area contributed by atoms with Gasteiger partial charge in [-0.1, -0.05) is 12.6 Å². The minimum absolute atomic E-state index is 0.0383. The molecule has 37 heavy (non-hydrogen) atoms. The topological polar surface area (TPSA) is 103 Å². The van der Waals surface area contributed by atoms with Gasteiger partial charge < -0.3 is 30.9 Å². The van der Waals surface area contributed by atoms with Crippen molar-refractivity contribution in [3.63, 3.8) is 0 Å². The van der Waals surface area contributed by atoms with Crippen molar-refractivity contribution in [2.45, 2.75) is 6.18 Å². The molecule has 1 saturated heterocycles. The van der Waals surface area contributed by atoms with Crippen molar-refractivity contribution in [3.05, 3.63) is 66.9 Å². The predicted molar refractivity (Wildman–Crippen MR) is 137 cm³/mol. The molecule has 0 bridgehead atoms. The molecule has 2 aromatic carbocycles. The number of alkyl halides is 3. The second-order valence-corrected chi connectivity index (χ2v) is 8.10. The van der Waals surface area contributed by atoms with Gasteiger partial charge in [0.25, 0.3) is 0 Å². The molecule has 2 heterocycles. The van der Waals surface area contributed by atoms with E-state index in [2.05, 4.69) is 42.7 Å². The zero-order valence-corrected chi connectivity index (χ0v) is 20.0. The fraction of sp³-hybridized carbons (Fsp3) is 0.240. The van der Waals surface area contributed by atoms with Gasteiger partial charge in [-0.15, -0.1) is 0 Å². The third kappa shape index (κ3) is 6.47. The first kappa shape index (κ1) is 25.8. The van der Waals surface area contributed by atoms with Gasteiger partial charge in [-0.05, 0) is 36.4 Å². The Morgan fingerprint density at radius 3 is 2.54 bits per heavy atom. The Hall–Kier alpha value is -4.32. The van der Waals surface area contributed by atoms with Crippen LogP contribution in [-0.4, -0.2) is 49.2 Å². The average molecular weight is 514 g/mol. The van der Waals surface area contributed by atoms with Gasteiger partial charge in [-0.25, -0.2) is 4.98 Å².